The highest BCUT2D eigenvalue weighted by atomic mass is 16.5. The number of ether oxygens (including phenoxy) is 1. The minimum absolute atomic E-state index is 0.655. The van der Waals surface area contributed by atoms with Gasteiger partial charge in [-0.05, 0) is 41.8 Å². The Labute approximate surface area is 124 Å². The summed E-state index contributed by atoms with van der Waals surface area (Å²) in [4.78, 5) is 0. The number of hydrogen-bond donors (Lipinski definition) is 1. The average molecular weight is 275 g/mol. The Kier molecular flexibility index (Phi) is 3.61. The lowest BCUT2D eigenvalue weighted by Crippen LogP contribution is -1.94. The summed E-state index contributed by atoms with van der Waals surface area (Å²) >= 11 is 0. The van der Waals surface area contributed by atoms with Crippen LogP contribution in [0, 0.1) is 6.92 Å². The van der Waals surface area contributed by atoms with Crippen molar-refractivity contribution in [2.75, 3.05) is 5.73 Å². The van der Waals surface area contributed by atoms with Crippen molar-refractivity contribution in [3.05, 3.63) is 78.4 Å². The van der Waals surface area contributed by atoms with E-state index in [1.807, 2.05) is 55.5 Å². The van der Waals surface area contributed by atoms with Crippen LogP contribution in [0.2, 0.25) is 0 Å². The van der Waals surface area contributed by atoms with Gasteiger partial charge in [0, 0.05) is 0 Å². The van der Waals surface area contributed by atoms with E-state index in [1.165, 1.54) is 11.1 Å². The first-order chi connectivity index (χ1) is 10.2. The minimum atomic E-state index is 0.655. The zero-order valence-corrected chi connectivity index (χ0v) is 11.9. The maximum absolute atomic E-state index is 5.97. The van der Waals surface area contributed by atoms with Crippen LogP contribution in [-0.2, 0) is 0 Å². The lowest BCUT2D eigenvalue weighted by Gasteiger charge is -2.11. The van der Waals surface area contributed by atoms with E-state index in [1.54, 1.807) is 0 Å². The standard InChI is InChI=1S/C19H17NO/c1-14-6-5-9-18(20)19(14)21-17-12-10-16(11-13-17)15-7-3-2-4-8-15/h2-13H,20H2,1H3. The van der Waals surface area contributed by atoms with Crippen LogP contribution < -0.4 is 10.5 Å². The molecule has 0 aromatic heterocycles. The predicted octanol–water partition coefficient (Wildman–Crippen LogP) is 5.04. The molecule has 0 bridgehead atoms. The second kappa shape index (κ2) is 5.71. The van der Waals surface area contributed by atoms with Gasteiger partial charge < -0.3 is 10.5 Å². The first kappa shape index (κ1) is 13.3. The molecule has 21 heavy (non-hydrogen) atoms. The molecule has 3 aromatic rings. The second-order valence-corrected chi connectivity index (χ2v) is 4.99. The van der Waals surface area contributed by atoms with Crippen LogP contribution in [0.4, 0.5) is 5.69 Å². The normalized spacial score (nSPS) is 10.3. The molecule has 2 nitrogen and oxygen atoms in total. The number of aryl methyl sites for hydroxylation is 1. The van der Waals surface area contributed by atoms with E-state index >= 15 is 0 Å². The van der Waals surface area contributed by atoms with Gasteiger partial charge in [-0.2, -0.15) is 0 Å². The van der Waals surface area contributed by atoms with Gasteiger partial charge >= 0.3 is 0 Å². The van der Waals surface area contributed by atoms with Gasteiger partial charge in [-0.15, -0.1) is 0 Å². The molecule has 0 aliphatic carbocycles. The molecule has 0 saturated heterocycles. The molecular weight excluding hydrogens is 258 g/mol. The molecule has 0 unspecified atom stereocenters. The van der Waals surface area contributed by atoms with E-state index < -0.39 is 0 Å². The summed E-state index contributed by atoms with van der Waals surface area (Å²) in [5, 5.41) is 0. The molecule has 2 heteroatoms. The Bertz CT molecular complexity index is 713. The molecule has 0 heterocycles. The van der Waals surface area contributed by atoms with Gasteiger partial charge in [-0.1, -0.05) is 54.6 Å². The molecule has 0 aliphatic rings. The van der Waals surface area contributed by atoms with Crippen molar-refractivity contribution in [3.8, 4) is 22.6 Å². The molecule has 0 amide bonds. The van der Waals surface area contributed by atoms with Crippen molar-refractivity contribution >= 4 is 5.69 Å². The molecule has 0 radical (unpaired) electrons. The van der Waals surface area contributed by atoms with Gasteiger partial charge in [0.15, 0.2) is 5.75 Å². The third-order valence-corrected chi connectivity index (χ3v) is 3.42. The Hall–Kier alpha value is -2.74. The quantitative estimate of drug-likeness (QED) is 0.680. The van der Waals surface area contributed by atoms with Crippen molar-refractivity contribution < 1.29 is 4.74 Å². The van der Waals surface area contributed by atoms with Crippen molar-refractivity contribution in [2.24, 2.45) is 0 Å². The highest BCUT2D eigenvalue weighted by molar-refractivity contribution is 5.64. The van der Waals surface area contributed by atoms with Crippen LogP contribution in [0.5, 0.6) is 11.5 Å². The molecule has 3 aromatic carbocycles. The first-order valence-corrected chi connectivity index (χ1v) is 6.92. The van der Waals surface area contributed by atoms with Crippen molar-refractivity contribution in [1.29, 1.82) is 0 Å². The summed E-state index contributed by atoms with van der Waals surface area (Å²) in [6.45, 7) is 1.99. The van der Waals surface area contributed by atoms with E-state index in [-0.39, 0.29) is 0 Å². The zero-order valence-electron chi connectivity index (χ0n) is 11.9. The SMILES string of the molecule is Cc1cccc(N)c1Oc1ccc(-c2ccccc2)cc1. The lowest BCUT2D eigenvalue weighted by molar-refractivity contribution is 0.481. The molecular formula is C19H17NO. The smallest absolute Gasteiger partial charge is 0.153 e. The number of benzene rings is 3. The van der Waals surface area contributed by atoms with Crippen molar-refractivity contribution in [3.63, 3.8) is 0 Å². The minimum Gasteiger partial charge on any atom is -0.455 e. The molecule has 3 rings (SSSR count). The number of nitrogen functional groups attached to an aromatic ring is 1. The number of hydrogen-bond acceptors (Lipinski definition) is 2. The molecule has 0 fully saturated rings. The monoisotopic (exact) mass is 275 g/mol. The molecule has 104 valence electrons. The predicted molar refractivity (Wildman–Crippen MR) is 87.5 cm³/mol. The number of anilines is 1. The summed E-state index contributed by atoms with van der Waals surface area (Å²) in [5.41, 5.74) is 10.0. The van der Waals surface area contributed by atoms with Crippen LogP contribution >= 0.6 is 0 Å². The summed E-state index contributed by atoms with van der Waals surface area (Å²) in [6, 6.07) is 24.1. The fraction of sp³-hybridized carbons (Fsp3) is 0.0526. The summed E-state index contributed by atoms with van der Waals surface area (Å²) in [7, 11) is 0. The van der Waals surface area contributed by atoms with Gasteiger partial charge in [0.05, 0.1) is 5.69 Å². The summed E-state index contributed by atoms with van der Waals surface area (Å²) in [6.07, 6.45) is 0. The summed E-state index contributed by atoms with van der Waals surface area (Å²) in [5.74, 6) is 1.51. The molecule has 0 atom stereocenters. The van der Waals surface area contributed by atoms with Crippen molar-refractivity contribution in [1.82, 2.24) is 0 Å². The van der Waals surface area contributed by atoms with Crippen LogP contribution in [0.15, 0.2) is 72.8 Å². The number of rotatable bonds is 3. The van der Waals surface area contributed by atoms with E-state index in [0.29, 0.717) is 5.69 Å². The zero-order chi connectivity index (χ0) is 14.7. The fourth-order valence-electron chi connectivity index (χ4n) is 2.28. The largest absolute Gasteiger partial charge is 0.455 e. The van der Waals surface area contributed by atoms with Gasteiger partial charge in [-0.25, -0.2) is 0 Å². The highest BCUT2D eigenvalue weighted by Crippen LogP contribution is 2.31. The Morgan fingerprint density at radius 1 is 0.714 bits per heavy atom. The van der Waals surface area contributed by atoms with Crippen LogP contribution in [0.3, 0.4) is 0 Å². The average Bonchev–Trinajstić information content (AvgIpc) is 2.53. The van der Waals surface area contributed by atoms with Crippen LogP contribution in [0.1, 0.15) is 5.56 Å². The van der Waals surface area contributed by atoms with Gasteiger partial charge in [0.25, 0.3) is 0 Å². The Morgan fingerprint density at radius 3 is 2.05 bits per heavy atom. The topological polar surface area (TPSA) is 35.2 Å². The maximum Gasteiger partial charge on any atom is 0.153 e. The molecule has 2 N–H and O–H groups in total. The van der Waals surface area contributed by atoms with E-state index in [4.69, 9.17) is 10.5 Å². The third kappa shape index (κ3) is 2.90. The molecule has 0 spiro atoms. The Balaban J connectivity index is 1.85. The fourth-order valence-corrected chi connectivity index (χ4v) is 2.28. The Morgan fingerprint density at radius 2 is 1.38 bits per heavy atom. The second-order valence-electron chi connectivity index (χ2n) is 4.99. The van der Waals surface area contributed by atoms with E-state index in [9.17, 15) is 0 Å². The van der Waals surface area contributed by atoms with Crippen LogP contribution in [-0.4, -0.2) is 0 Å². The van der Waals surface area contributed by atoms with E-state index in [0.717, 1.165) is 17.1 Å². The van der Waals surface area contributed by atoms with Gasteiger partial charge in [0.2, 0.25) is 0 Å². The number of nitrogens with two attached hydrogens (primary N) is 1. The summed E-state index contributed by atoms with van der Waals surface area (Å²) < 4.78 is 5.91. The van der Waals surface area contributed by atoms with Crippen molar-refractivity contribution in [2.45, 2.75) is 6.92 Å². The molecule has 0 saturated carbocycles. The van der Waals surface area contributed by atoms with Crippen LogP contribution in [0.25, 0.3) is 11.1 Å². The third-order valence-electron chi connectivity index (χ3n) is 3.42. The number of para-hydroxylation sites is 1. The van der Waals surface area contributed by atoms with Gasteiger partial charge in [0.1, 0.15) is 5.75 Å². The maximum atomic E-state index is 5.97. The van der Waals surface area contributed by atoms with E-state index in [2.05, 4.69) is 24.3 Å². The highest BCUT2D eigenvalue weighted by Gasteiger charge is 2.05. The first-order valence-electron chi connectivity index (χ1n) is 6.92. The lowest BCUT2D eigenvalue weighted by atomic mass is 10.1. The van der Waals surface area contributed by atoms with Gasteiger partial charge in [-0.3, -0.25) is 0 Å². The molecule has 0 aliphatic heterocycles.